The molecule has 1 aromatic heterocycles. The molecule has 0 aliphatic carbocycles. The minimum atomic E-state index is -0.0220. The van der Waals surface area contributed by atoms with Gasteiger partial charge in [0.1, 0.15) is 0 Å². The molecule has 0 saturated heterocycles. The predicted octanol–water partition coefficient (Wildman–Crippen LogP) is 3.07. The van der Waals surface area contributed by atoms with Crippen LogP contribution in [0.15, 0.2) is 53.9 Å². The Morgan fingerprint density at radius 3 is 2.70 bits per heavy atom. The third kappa shape index (κ3) is 2.70. The maximum absolute atomic E-state index is 12.0. The van der Waals surface area contributed by atoms with Gasteiger partial charge >= 0.3 is 0 Å². The quantitative estimate of drug-likeness (QED) is 0.870. The summed E-state index contributed by atoms with van der Waals surface area (Å²) in [6.07, 6.45) is 4.50. The van der Waals surface area contributed by atoms with Crippen LogP contribution in [-0.2, 0) is 11.2 Å². The van der Waals surface area contributed by atoms with Crippen molar-refractivity contribution in [3.63, 3.8) is 0 Å². The first-order chi connectivity index (χ1) is 9.72. The van der Waals surface area contributed by atoms with Gasteiger partial charge in [-0.05, 0) is 35.9 Å². The van der Waals surface area contributed by atoms with Crippen LogP contribution in [0.2, 0.25) is 5.02 Å². The number of benzene rings is 1. The molecule has 0 fully saturated rings. The van der Waals surface area contributed by atoms with Crippen LogP contribution in [0.3, 0.4) is 0 Å². The lowest BCUT2D eigenvalue weighted by molar-refractivity contribution is -0.116. The number of hydrogen-bond acceptors (Lipinski definition) is 3. The second-order valence-electron chi connectivity index (χ2n) is 4.56. The molecule has 2 aromatic rings. The summed E-state index contributed by atoms with van der Waals surface area (Å²) in [5.41, 5.74) is 2.63. The lowest BCUT2D eigenvalue weighted by Gasteiger charge is -2.11. The minimum absolute atomic E-state index is 0.0220. The molecule has 0 bridgehead atoms. The van der Waals surface area contributed by atoms with Crippen LogP contribution < -0.4 is 5.01 Å². The minimum Gasteiger partial charge on any atom is -0.272 e. The van der Waals surface area contributed by atoms with Gasteiger partial charge in [0.2, 0.25) is 0 Å². The van der Waals surface area contributed by atoms with Crippen LogP contribution in [0.1, 0.15) is 12.0 Å². The molecule has 0 atom stereocenters. The summed E-state index contributed by atoms with van der Waals surface area (Å²) < 4.78 is 0. The summed E-state index contributed by atoms with van der Waals surface area (Å²) in [5, 5.41) is 6.47. The van der Waals surface area contributed by atoms with Gasteiger partial charge in [0, 0.05) is 23.8 Å². The van der Waals surface area contributed by atoms with Crippen LogP contribution >= 0.6 is 11.6 Å². The smallest absolute Gasteiger partial charge is 0.253 e. The number of hydrogen-bond donors (Lipinski definition) is 0. The predicted molar refractivity (Wildman–Crippen MR) is 78.9 cm³/mol. The molecule has 0 N–H and O–H groups in total. The molecule has 1 aliphatic rings. The van der Waals surface area contributed by atoms with Crippen molar-refractivity contribution < 1.29 is 4.79 Å². The number of pyridine rings is 1. The largest absolute Gasteiger partial charge is 0.272 e. The van der Waals surface area contributed by atoms with E-state index in [2.05, 4.69) is 10.1 Å². The summed E-state index contributed by atoms with van der Waals surface area (Å²) in [6, 6.07) is 10.9. The van der Waals surface area contributed by atoms with Crippen molar-refractivity contribution in [3.05, 3.63) is 59.4 Å². The van der Waals surface area contributed by atoms with Crippen molar-refractivity contribution in [3.8, 4) is 0 Å². The van der Waals surface area contributed by atoms with E-state index in [-0.39, 0.29) is 5.91 Å². The molecule has 5 heteroatoms. The standard InChI is InChI=1S/C15H12ClN3O/c16-12-3-5-14(6-4-12)19-15(20)9-13(18-19)8-11-2-1-7-17-10-11/h1-7,10H,8-9H2. The number of carbonyl (C=O) groups excluding carboxylic acids is 1. The first-order valence-electron chi connectivity index (χ1n) is 6.26. The van der Waals surface area contributed by atoms with E-state index in [0.717, 1.165) is 17.0 Å². The second-order valence-corrected chi connectivity index (χ2v) is 5.00. The number of nitrogens with zero attached hydrogens (tertiary/aromatic N) is 3. The van der Waals surface area contributed by atoms with E-state index in [1.807, 2.05) is 12.1 Å². The van der Waals surface area contributed by atoms with Crippen molar-refractivity contribution in [2.24, 2.45) is 5.10 Å². The van der Waals surface area contributed by atoms with Crippen molar-refractivity contribution in [2.45, 2.75) is 12.8 Å². The van der Waals surface area contributed by atoms with Gasteiger partial charge in [0.05, 0.1) is 17.8 Å². The Morgan fingerprint density at radius 2 is 2.00 bits per heavy atom. The molecular weight excluding hydrogens is 274 g/mol. The molecule has 0 radical (unpaired) electrons. The van der Waals surface area contributed by atoms with Gasteiger partial charge in [0.15, 0.2) is 0 Å². The molecule has 4 nitrogen and oxygen atoms in total. The molecular formula is C15H12ClN3O. The van der Waals surface area contributed by atoms with Gasteiger partial charge in [0.25, 0.3) is 5.91 Å². The third-order valence-electron chi connectivity index (χ3n) is 3.04. The van der Waals surface area contributed by atoms with Gasteiger partial charge in [-0.15, -0.1) is 0 Å². The Morgan fingerprint density at radius 1 is 1.20 bits per heavy atom. The van der Waals surface area contributed by atoms with E-state index < -0.39 is 0 Å². The number of anilines is 1. The van der Waals surface area contributed by atoms with E-state index in [9.17, 15) is 4.79 Å². The molecule has 1 aromatic carbocycles. The maximum Gasteiger partial charge on any atom is 0.253 e. The Bertz CT molecular complexity index is 653. The monoisotopic (exact) mass is 285 g/mol. The van der Waals surface area contributed by atoms with Crippen molar-refractivity contribution >= 4 is 28.9 Å². The summed E-state index contributed by atoms with van der Waals surface area (Å²) in [5.74, 6) is -0.0220. The molecule has 1 aliphatic heterocycles. The summed E-state index contributed by atoms with van der Waals surface area (Å²) in [4.78, 5) is 16.1. The molecule has 100 valence electrons. The van der Waals surface area contributed by atoms with E-state index >= 15 is 0 Å². The average molecular weight is 286 g/mol. The molecule has 3 rings (SSSR count). The summed E-state index contributed by atoms with van der Waals surface area (Å²) in [7, 11) is 0. The Balaban J connectivity index is 1.80. The summed E-state index contributed by atoms with van der Waals surface area (Å²) >= 11 is 5.84. The van der Waals surface area contributed by atoms with Crippen LogP contribution in [0, 0.1) is 0 Å². The number of hydrazone groups is 1. The van der Waals surface area contributed by atoms with Gasteiger partial charge in [-0.25, -0.2) is 5.01 Å². The number of rotatable bonds is 3. The SMILES string of the molecule is O=C1CC(Cc2cccnc2)=NN1c1ccc(Cl)cc1. The van der Waals surface area contributed by atoms with Crippen LogP contribution in [-0.4, -0.2) is 16.6 Å². The van der Waals surface area contributed by atoms with Crippen molar-refractivity contribution in [1.82, 2.24) is 4.98 Å². The zero-order valence-corrected chi connectivity index (χ0v) is 11.4. The fourth-order valence-corrected chi connectivity index (χ4v) is 2.23. The fourth-order valence-electron chi connectivity index (χ4n) is 2.10. The van der Waals surface area contributed by atoms with E-state index in [0.29, 0.717) is 17.9 Å². The Hall–Kier alpha value is -2.20. The van der Waals surface area contributed by atoms with Gasteiger partial charge in [-0.3, -0.25) is 9.78 Å². The Labute approximate surface area is 121 Å². The first kappa shape index (κ1) is 12.8. The van der Waals surface area contributed by atoms with Crippen LogP contribution in [0.5, 0.6) is 0 Å². The Kier molecular flexibility index (Phi) is 3.48. The highest BCUT2D eigenvalue weighted by atomic mass is 35.5. The highest BCUT2D eigenvalue weighted by molar-refractivity contribution is 6.30. The van der Waals surface area contributed by atoms with Crippen LogP contribution in [0.25, 0.3) is 0 Å². The summed E-state index contributed by atoms with van der Waals surface area (Å²) in [6.45, 7) is 0. The maximum atomic E-state index is 12.0. The fraction of sp³-hybridized carbons (Fsp3) is 0.133. The highest BCUT2D eigenvalue weighted by Gasteiger charge is 2.25. The van der Waals surface area contributed by atoms with E-state index in [4.69, 9.17) is 11.6 Å². The molecule has 0 saturated carbocycles. The van der Waals surface area contributed by atoms with Gasteiger partial charge in [-0.2, -0.15) is 5.10 Å². The average Bonchev–Trinajstić information content (AvgIpc) is 2.81. The van der Waals surface area contributed by atoms with E-state index in [1.165, 1.54) is 5.01 Å². The zero-order chi connectivity index (χ0) is 13.9. The number of carbonyl (C=O) groups is 1. The lowest BCUT2D eigenvalue weighted by Crippen LogP contribution is -2.19. The topological polar surface area (TPSA) is 45.6 Å². The van der Waals surface area contributed by atoms with E-state index in [1.54, 1.807) is 36.7 Å². The van der Waals surface area contributed by atoms with Crippen molar-refractivity contribution in [1.29, 1.82) is 0 Å². The first-order valence-corrected chi connectivity index (χ1v) is 6.64. The van der Waals surface area contributed by atoms with Gasteiger partial charge in [-0.1, -0.05) is 17.7 Å². The van der Waals surface area contributed by atoms with Gasteiger partial charge < -0.3 is 0 Å². The molecule has 0 unspecified atom stereocenters. The number of amides is 1. The zero-order valence-electron chi connectivity index (χ0n) is 10.7. The number of aromatic nitrogens is 1. The molecule has 20 heavy (non-hydrogen) atoms. The second kappa shape index (κ2) is 5.43. The molecule has 1 amide bonds. The van der Waals surface area contributed by atoms with Crippen molar-refractivity contribution in [2.75, 3.05) is 5.01 Å². The lowest BCUT2D eigenvalue weighted by atomic mass is 10.1. The van der Waals surface area contributed by atoms with Crippen LogP contribution in [0.4, 0.5) is 5.69 Å². The highest BCUT2D eigenvalue weighted by Crippen LogP contribution is 2.23. The molecule has 0 spiro atoms. The number of halogens is 1. The molecule has 2 heterocycles. The third-order valence-corrected chi connectivity index (χ3v) is 3.29. The normalized spacial score (nSPS) is 14.6.